The van der Waals surface area contributed by atoms with E-state index in [1.807, 2.05) is 19.1 Å². The molecule has 0 aromatic heterocycles. The monoisotopic (exact) mass is 368 g/mol. The summed E-state index contributed by atoms with van der Waals surface area (Å²) in [6.07, 6.45) is 0. The smallest absolute Gasteiger partial charge is 0.250 e. The van der Waals surface area contributed by atoms with Crippen LogP contribution in [-0.2, 0) is 16.0 Å². The molecule has 0 radical (unpaired) electrons. The van der Waals surface area contributed by atoms with Gasteiger partial charge in [-0.1, -0.05) is 69.3 Å². The van der Waals surface area contributed by atoms with E-state index in [2.05, 4.69) is 74.6 Å². The molecule has 0 aliphatic rings. The number of carbonyl (C=O) groups excluding carboxylic acids is 1. The Hall–Kier alpha value is -2.07. The molecule has 0 aliphatic carbocycles. The van der Waals surface area contributed by atoms with Gasteiger partial charge in [0.25, 0.3) is 0 Å². The third kappa shape index (κ3) is 6.03. The fourth-order valence-electron chi connectivity index (χ4n) is 2.48. The number of nitrogens with zero attached hydrogens (tertiary/aromatic N) is 1. The van der Waals surface area contributed by atoms with Crippen molar-refractivity contribution in [3.63, 3.8) is 0 Å². The number of aryl methyl sites for hydroxylation is 1. The Morgan fingerprint density at radius 1 is 1.08 bits per heavy atom. The zero-order chi connectivity index (χ0) is 19.2. The second-order valence-corrected chi connectivity index (χ2v) is 8.46. The predicted molar refractivity (Wildman–Crippen MR) is 113 cm³/mol. The molecule has 0 bridgehead atoms. The normalized spacial score (nSPS) is 12.1. The average molecular weight is 369 g/mol. The summed E-state index contributed by atoms with van der Waals surface area (Å²) < 4.78 is 0. The van der Waals surface area contributed by atoms with Gasteiger partial charge in [-0.15, -0.1) is 11.8 Å². The van der Waals surface area contributed by atoms with E-state index >= 15 is 0 Å². The second-order valence-electron chi connectivity index (χ2n) is 7.48. The molecule has 26 heavy (non-hydrogen) atoms. The number of amides is 1. The molecule has 2 rings (SSSR count). The summed E-state index contributed by atoms with van der Waals surface area (Å²) in [5, 5.41) is 4.23. The standard InChI is InChI=1S/C22H28N2OS/c1-16-8-6-7-9-19(16)14-26-15-21(25)24-23-17(2)18-10-12-20(13-11-18)22(3,4)5/h6-13H,14-15H2,1-5H3,(H,24,25). The fraction of sp³-hybridized carbons (Fsp3) is 0.364. The van der Waals surface area contributed by atoms with Gasteiger partial charge in [0.1, 0.15) is 0 Å². The summed E-state index contributed by atoms with van der Waals surface area (Å²) in [7, 11) is 0. The van der Waals surface area contributed by atoms with Crippen LogP contribution in [0, 0.1) is 6.92 Å². The summed E-state index contributed by atoms with van der Waals surface area (Å²) in [6.45, 7) is 10.6. The van der Waals surface area contributed by atoms with E-state index in [0.29, 0.717) is 5.75 Å². The third-order valence-electron chi connectivity index (χ3n) is 4.27. The van der Waals surface area contributed by atoms with Gasteiger partial charge < -0.3 is 0 Å². The number of benzene rings is 2. The summed E-state index contributed by atoms with van der Waals surface area (Å²) >= 11 is 1.60. The topological polar surface area (TPSA) is 41.5 Å². The van der Waals surface area contributed by atoms with Crippen LogP contribution in [0.2, 0.25) is 0 Å². The average Bonchev–Trinajstić information content (AvgIpc) is 2.60. The minimum absolute atomic E-state index is 0.0748. The van der Waals surface area contributed by atoms with E-state index in [1.165, 1.54) is 16.7 Å². The highest BCUT2D eigenvalue weighted by Crippen LogP contribution is 2.22. The summed E-state index contributed by atoms with van der Waals surface area (Å²) in [6, 6.07) is 16.6. The van der Waals surface area contributed by atoms with Gasteiger partial charge in [0.15, 0.2) is 0 Å². The van der Waals surface area contributed by atoms with Crippen LogP contribution in [0.5, 0.6) is 0 Å². The van der Waals surface area contributed by atoms with Gasteiger partial charge in [0, 0.05) is 5.75 Å². The van der Waals surface area contributed by atoms with Crippen LogP contribution in [-0.4, -0.2) is 17.4 Å². The van der Waals surface area contributed by atoms with Crippen LogP contribution in [0.4, 0.5) is 0 Å². The minimum atomic E-state index is -0.0748. The largest absolute Gasteiger partial charge is 0.272 e. The van der Waals surface area contributed by atoms with Crippen molar-refractivity contribution in [2.24, 2.45) is 5.10 Å². The highest BCUT2D eigenvalue weighted by atomic mass is 32.2. The van der Waals surface area contributed by atoms with Crippen LogP contribution in [0.3, 0.4) is 0 Å². The first-order valence-corrected chi connectivity index (χ1v) is 9.99. The molecule has 0 saturated heterocycles. The summed E-state index contributed by atoms with van der Waals surface area (Å²) in [5.74, 6) is 1.15. The van der Waals surface area contributed by atoms with Gasteiger partial charge in [-0.2, -0.15) is 5.10 Å². The number of nitrogens with one attached hydrogen (secondary N) is 1. The highest BCUT2D eigenvalue weighted by molar-refractivity contribution is 7.99. The second kappa shape index (κ2) is 9.04. The molecule has 0 heterocycles. The Balaban J connectivity index is 1.84. The van der Waals surface area contributed by atoms with Crippen LogP contribution >= 0.6 is 11.8 Å². The first kappa shape index (κ1) is 20.2. The molecular weight excluding hydrogens is 340 g/mol. The molecule has 4 heteroatoms. The Morgan fingerprint density at radius 2 is 1.73 bits per heavy atom. The van der Waals surface area contributed by atoms with Crippen LogP contribution in [0.1, 0.15) is 49.9 Å². The van der Waals surface area contributed by atoms with Gasteiger partial charge in [-0.05, 0) is 41.5 Å². The molecule has 1 amide bonds. The highest BCUT2D eigenvalue weighted by Gasteiger charge is 2.13. The lowest BCUT2D eigenvalue weighted by Crippen LogP contribution is -2.21. The zero-order valence-corrected chi connectivity index (χ0v) is 17.1. The van der Waals surface area contributed by atoms with Gasteiger partial charge in [-0.25, -0.2) is 5.43 Å². The number of hydrogen-bond acceptors (Lipinski definition) is 3. The molecule has 3 nitrogen and oxygen atoms in total. The van der Waals surface area contributed by atoms with Gasteiger partial charge >= 0.3 is 0 Å². The van der Waals surface area contributed by atoms with E-state index in [4.69, 9.17) is 0 Å². The van der Waals surface area contributed by atoms with E-state index in [-0.39, 0.29) is 11.3 Å². The van der Waals surface area contributed by atoms with Crippen molar-refractivity contribution >= 4 is 23.4 Å². The Bertz CT molecular complexity index is 773. The molecule has 2 aromatic carbocycles. The molecule has 0 unspecified atom stereocenters. The lowest BCUT2D eigenvalue weighted by Gasteiger charge is -2.19. The third-order valence-corrected chi connectivity index (χ3v) is 5.25. The molecule has 0 saturated carbocycles. The van der Waals surface area contributed by atoms with Crippen molar-refractivity contribution in [1.82, 2.24) is 5.43 Å². The summed E-state index contributed by atoms with van der Waals surface area (Å²) in [5.41, 5.74) is 8.42. The lowest BCUT2D eigenvalue weighted by molar-refractivity contribution is -0.118. The number of carbonyl (C=O) groups is 1. The Kier molecular flexibility index (Phi) is 7.04. The first-order chi connectivity index (χ1) is 12.3. The maximum atomic E-state index is 12.0. The van der Waals surface area contributed by atoms with E-state index < -0.39 is 0 Å². The Morgan fingerprint density at radius 3 is 2.35 bits per heavy atom. The molecule has 0 aliphatic heterocycles. The quantitative estimate of drug-likeness (QED) is 0.571. The van der Waals surface area contributed by atoms with Crippen LogP contribution < -0.4 is 5.43 Å². The maximum Gasteiger partial charge on any atom is 0.250 e. The van der Waals surface area contributed by atoms with E-state index in [0.717, 1.165) is 17.0 Å². The molecule has 1 N–H and O–H groups in total. The summed E-state index contributed by atoms with van der Waals surface area (Å²) in [4.78, 5) is 12.0. The number of rotatable bonds is 6. The Labute approximate surface area is 161 Å². The van der Waals surface area contributed by atoms with Crippen LogP contribution in [0.25, 0.3) is 0 Å². The molecule has 0 atom stereocenters. The first-order valence-electron chi connectivity index (χ1n) is 8.83. The lowest BCUT2D eigenvalue weighted by atomic mass is 9.86. The number of hydrazone groups is 1. The maximum absolute atomic E-state index is 12.0. The molecule has 2 aromatic rings. The van der Waals surface area contributed by atoms with Crippen molar-refractivity contribution in [2.75, 3.05) is 5.75 Å². The van der Waals surface area contributed by atoms with E-state index in [9.17, 15) is 4.79 Å². The molecule has 0 fully saturated rings. The van der Waals surface area contributed by atoms with Gasteiger partial charge in [0.05, 0.1) is 11.5 Å². The number of thioether (sulfide) groups is 1. The SMILES string of the molecule is CC(=NNC(=O)CSCc1ccccc1C)c1ccc(C(C)(C)C)cc1. The van der Waals surface area contributed by atoms with E-state index in [1.54, 1.807) is 11.8 Å². The molecular formula is C22H28N2OS. The molecule has 138 valence electrons. The molecule has 0 spiro atoms. The van der Waals surface area contributed by atoms with Gasteiger partial charge in [0.2, 0.25) is 5.91 Å². The fourth-order valence-corrected chi connectivity index (χ4v) is 3.38. The van der Waals surface area contributed by atoms with Gasteiger partial charge in [-0.3, -0.25) is 4.79 Å². The van der Waals surface area contributed by atoms with Crippen molar-refractivity contribution in [1.29, 1.82) is 0 Å². The van der Waals surface area contributed by atoms with Crippen molar-refractivity contribution in [2.45, 2.75) is 45.8 Å². The zero-order valence-electron chi connectivity index (χ0n) is 16.3. The predicted octanol–water partition coefficient (Wildman–Crippen LogP) is 5.07. The van der Waals surface area contributed by atoms with Crippen LogP contribution in [0.15, 0.2) is 53.6 Å². The number of hydrogen-bond donors (Lipinski definition) is 1. The minimum Gasteiger partial charge on any atom is -0.272 e. The van der Waals surface area contributed by atoms with Crippen molar-refractivity contribution < 1.29 is 4.79 Å². The van der Waals surface area contributed by atoms with Crippen molar-refractivity contribution in [3.8, 4) is 0 Å². The van der Waals surface area contributed by atoms with Crippen molar-refractivity contribution in [3.05, 3.63) is 70.8 Å².